The van der Waals surface area contributed by atoms with E-state index in [0.29, 0.717) is 22.0 Å². The number of hydrogen-bond acceptors (Lipinski definition) is 4. The van der Waals surface area contributed by atoms with Gasteiger partial charge in [0.2, 0.25) is 0 Å². The van der Waals surface area contributed by atoms with E-state index in [9.17, 15) is 9.59 Å². The lowest BCUT2D eigenvalue weighted by Gasteiger charge is -2.13. The lowest BCUT2D eigenvalue weighted by Crippen LogP contribution is -2.23. The van der Waals surface area contributed by atoms with Gasteiger partial charge in [-0.3, -0.25) is 4.79 Å². The van der Waals surface area contributed by atoms with Crippen LogP contribution in [0.3, 0.4) is 0 Å². The van der Waals surface area contributed by atoms with Gasteiger partial charge in [0.25, 0.3) is 5.91 Å². The summed E-state index contributed by atoms with van der Waals surface area (Å²) in [5.41, 5.74) is 2.25. The Hall–Kier alpha value is -3.42. The molecule has 3 aromatic rings. The van der Waals surface area contributed by atoms with Crippen LogP contribution in [0.5, 0.6) is 0 Å². The minimum Gasteiger partial charge on any atom is -0.321 e. The van der Waals surface area contributed by atoms with E-state index in [1.807, 2.05) is 6.20 Å². The van der Waals surface area contributed by atoms with Crippen molar-refractivity contribution < 1.29 is 9.59 Å². The van der Waals surface area contributed by atoms with E-state index < -0.39 is 6.03 Å². The number of anilines is 1. The summed E-state index contributed by atoms with van der Waals surface area (Å²) < 4.78 is 1.60. The number of carbonyl (C=O) groups excluding carboxylic acids is 2. The average molecular weight is 348 g/mol. The molecule has 0 saturated heterocycles. The fraction of sp³-hybridized carbons (Fsp3) is 0.222. The SMILES string of the molecule is CC(C)(C)c1cn2nc(C(=O)Nc3ccc4c(c3)=NC(=O)N=4)ccc2n1. The van der Waals surface area contributed by atoms with Gasteiger partial charge >= 0.3 is 6.03 Å². The van der Waals surface area contributed by atoms with Crippen LogP contribution < -0.4 is 16.0 Å². The highest BCUT2D eigenvalue weighted by molar-refractivity contribution is 6.02. The molecule has 0 atom stereocenters. The van der Waals surface area contributed by atoms with E-state index in [4.69, 9.17) is 0 Å². The molecule has 8 nitrogen and oxygen atoms in total. The van der Waals surface area contributed by atoms with Crippen molar-refractivity contribution in [3.8, 4) is 0 Å². The summed E-state index contributed by atoms with van der Waals surface area (Å²) in [6.07, 6.45) is 1.83. The molecule has 1 aliphatic rings. The number of urea groups is 1. The maximum absolute atomic E-state index is 12.5. The monoisotopic (exact) mass is 348 g/mol. The van der Waals surface area contributed by atoms with Crippen LogP contribution in [0.25, 0.3) is 5.65 Å². The van der Waals surface area contributed by atoms with E-state index >= 15 is 0 Å². The third kappa shape index (κ3) is 2.85. The Bertz CT molecular complexity index is 1190. The van der Waals surface area contributed by atoms with Crippen molar-refractivity contribution in [1.82, 2.24) is 14.6 Å². The van der Waals surface area contributed by atoms with Crippen LogP contribution in [0.2, 0.25) is 0 Å². The standard InChI is InChI=1S/C18H16N6O2/c1-18(2,3)14-9-24-15(22-14)7-6-12(23-24)16(25)19-10-4-5-11-13(8-10)21-17(26)20-11/h4-9H,1-3H3,(H,19,25). The molecule has 0 unspecified atom stereocenters. The highest BCUT2D eigenvalue weighted by Gasteiger charge is 2.19. The summed E-state index contributed by atoms with van der Waals surface area (Å²) >= 11 is 0. The summed E-state index contributed by atoms with van der Waals surface area (Å²) in [5.74, 6) is -0.362. The maximum Gasteiger partial charge on any atom is 0.368 e. The van der Waals surface area contributed by atoms with Gasteiger partial charge < -0.3 is 5.32 Å². The zero-order chi connectivity index (χ0) is 18.5. The molecule has 1 aromatic carbocycles. The van der Waals surface area contributed by atoms with E-state index in [1.54, 1.807) is 34.8 Å². The summed E-state index contributed by atoms with van der Waals surface area (Å²) in [4.78, 5) is 35.8. The maximum atomic E-state index is 12.5. The predicted octanol–water partition coefficient (Wildman–Crippen LogP) is 1.65. The second-order valence-corrected chi connectivity index (χ2v) is 7.06. The molecule has 3 heterocycles. The van der Waals surface area contributed by atoms with Gasteiger partial charge in [-0.05, 0) is 30.3 Å². The van der Waals surface area contributed by atoms with Crippen molar-refractivity contribution in [1.29, 1.82) is 0 Å². The van der Waals surface area contributed by atoms with Crippen LogP contribution >= 0.6 is 0 Å². The molecule has 3 amide bonds. The van der Waals surface area contributed by atoms with Gasteiger partial charge in [-0.1, -0.05) is 20.8 Å². The summed E-state index contributed by atoms with van der Waals surface area (Å²) in [5, 5.41) is 8.04. The minimum atomic E-state index is -0.537. The van der Waals surface area contributed by atoms with E-state index in [1.165, 1.54) is 0 Å². The first-order valence-electron chi connectivity index (χ1n) is 8.09. The van der Waals surface area contributed by atoms with Crippen molar-refractivity contribution in [3.63, 3.8) is 0 Å². The zero-order valence-electron chi connectivity index (χ0n) is 14.5. The third-order valence-corrected chi connectivity index (χ3v) is 3.99. The Morgan fingerprint density at radius 1 is 1.08 bits per heavy atom. The number of hydrogen-bond donors (Lipinski definition) is 1. The Kier molecular flexibility index (Phi) is 3.43. The quantitative estimate of drug-likeness (QED) is 0.761. The van der Waals surface area contributed by atoms with Crippen LogP contribution in [0, 0.1) is 0 Å². The number of nitrogens with one attached hydrogen (secondary N) is 1. The number of carbonyl (C=O) groups is 2. The first-order valence-corrected chi connectivity index (χ1v) is 8.09. The molecule has 0 saturated carbocycles. The molecule has 0 fully saturated rings. The number of benzene rings is 1. The average Bonchev–Trinajstić information content (AvgIpc) is 3.15. The van der Waals surface area contributed by atoms with E-state index in [0.717, 1.165) is 5.69 Å². The summed E-state index contributed by atoms with van der Waals surface area (Å²) in [6, 6.07) is 7.76. The molecule has 130 valence electrons. The molecule has 0 aliphatic carbocycles. The first-order chi connectivity index (χ1) is 12.3. The first kappa shape index (κ1) is 16.1. The third-order valence-electron chi connectivity index (χ3n) is 3.99. The molecule has 1 N–H and O–H groups in total. The van der Waals surface area contributed by atoms with Gasteiger partial charge in [0.15, 0.2) is 5.65 Å². The van der Waals surface area contributed by atoms with Crippen molar-refractivity contribution in [2.45, 2.75) is 26.2 Å². The zero-order valence-corrected chi connectivity index (χ0v) is 14.5. The number of imidazole rings is 1. The van der Waals surface area contributed by atoms with Gasteiger partial charge in [0.1, 0.15) is 5.69 Å². The van der Waals surface area contributed by atoms with Crippen LogP contribution in [0.1, 0.15) is 37.0 Å². The lowest BCUT2D eigenvalue weighted by atomic mass is 9.93. The number of amides is 3. The molecule has 2 aromatic heterocycles. The second kappa shape index (κ2) is 5.55. The van der Waals surface area contributed by atoms with Crippen molar-refractivity contribution in [2.75, 3.05) is 5.32 Å². The highest BCUT2D eigenvalue weighted by atomic mass is 16.2. The molecular weight excluding hydrogens is 332 g/mol. The van der Waals surface area contributed by atoms with E-state index in [-0.39, 0.29) is 17.0 Å². The Labute approximate surface area is 148 Å². The largest absolute Gasteiger partial charge is 0.368 e. The molecule has 0 spiro atoms. The van der Waals surface area contributed by atoms with Crippen molar-refractivity contribution in [3.05, 3.63) is 58.6 Å². The number of rotatable bonds is 2. The smallest absolute Gasteiger partial charge is 0.321 e. The Balaban J connectivity index is 1.63. The van der Waals surface area contributed by atoms with Crippen molar-refractivity contribution >= 4 is 23.3 Å². The van der Waals surface area contributed by atoms with Gasteiger partial charge in [-0.15, -0.1) is 0 Å². The second-order valence-electron chi connectivity index (χ2n) is 7.06. The Morgan fingerprint density at radius 2 is 1.85 bits per heavy atom. The minimum absolute atomic E-state index is 0.105. The van der Waals surface area contributed by atoms with Crippen LogP contribution in [-0.4, -0.2) is 26.5 Å². The number of nitrogens with zero attached hydrogens (tertiary/aromatic N) is 5. The van der Waals surface area contributed by atoms with Gasteiger partial charge in [0, 0.05) is 11.1 Å². The Morgan fingerprint density at radius 3 is 2.62 bits per heavy atom. The molecule has 4 rings (SSSR count). The molecule has 8 heteroatoms. The predicted molar refractivity (Wildman–Crippen MR) is 93.8 cm³/mol. The van der Waals surface area contributed by atoms with Gasteiger partial charge in [-0.2, -0.15) is 15.1 Å². The normalized spacial score (nSPS) is 13.3. The highest BCUT2D eigenvalue weighted by Crippen LogP contribution is 2.21. The molecule has 0 radical (unpaired) electrons. The topological polar surface area (TPSA) is 101 Å². The van der Waals surface area contributed by atoms with Crippen LogP contribution in [0.15, 0.2) is 46.5 Å². The van der Waals surface area contributed by atoms with E-state index in [2.05, 4.69) is 46.2 Å². The lowest BCUT2D eigenvalue weighted by molar-refractivity contribution is 0.102. The van der Waals surface area contributed by atoms with Gasteiger partial charge in [0.05, 0.1) is 22.6 Å². The number of fused-ring (bicyclic) bond motifs is 2. The van der Waals surface area contributed by atoms with Gasteiger partial charge in [-0.25, -0.2) is 14.3 Å². The van der Waals surface area contributed by atoms with Crippen LogP contribution in [-0.2, 0) is 5.41 Å². The fourth-order valence-corrected chi connectivity index (χ4v) is 2.58. The summed E-state index contributed by atoms with van der Waals surface area (Å²) in [7, 11) is 0. The molecule has 1 aliphatic heterocycles. The molecular formula is C18H16N6O2. The van der Waals surface area contributed by atoms with Crippen LogP contribution in [0.4, 0.5) is 10.5 Å². The molecule has 0 bridgehead atoms. The fourth-order valence-electron chi connectivity index (χ4n) is 2.58. The molecule has 26 heavy (non-hydrogen) atoms. The number of aromatic nitrogens is 3. The summed E-state index contributed by atoms with van der Waals surface area (Å²) in [6.45, 7) is 6.20. The van der Waals surface area contributed by atoms with Crippen molar-refractivity contribution in [2.24, 2.45) is 9.98 Å².